The number of nitrogens with zero attached hydrogens (tertiary/aromatic N) is 1. The zero-order chi connectivity index (χ0) is 28.7. The number of anilines is 1. The van der Waals surface area contributed by atoms with Crippen LogP contribution in [-0.4, -0.2) is 36.2 Å². The van der Waals surface area contributed by atoms with Gasteiger partial charge in [0.05, 0.1) is 33.7 Å². The molecular formula is C31H26ClN3O6. The van der Waals surface area contributed by atoms with Crippen molar-refractivity contribution >= 4 is 46.9 Å². The average molecular weight is 572 g/mol. The van der Waals surface area contributed by atoms with Gasteiger partial charge in [-0.15, -0.1) is 0 Å². The number of benzene rings is 3. The molecule has 10 heteroatoms. The van der Waals surface area contributed by atoms with E-state index in [1.165, 1.54) is 34.7 Å². The summed E-state index contributed by atoms with van der Waals surface area (Å²) in [7, 11) is 0. The van der Waals surface area contributed by atoms with Gasteiger partial charge in [0.25, 0.3) is 11.8 Å². The summed E-state index contributed by atoms with van der Waals surface area (Å²) in [6.45, 7) is -0.665. The Hall–Kier alpha value is -4.50. The van der Waals surface area contributed by atoms with Gasteiger partial charge in [0.1, 0.15) is 0 Å². The Morgan fingerprint density at radius 2 is 1.59 bits per heavy atom. The van der Waals surface area contributed by atoms with Crippen LogP contribution in [0.2, 0.25) is 5.02 Å². The number of hydrogen-bond acceptors (Lipinski definition) is 6. The maximum Gasteiger partial charge on any atom is 0.338 e. The fourth-order valence-corrected chi connectivity index (χ4v) is 6.88. The van der Waals surface area contributed by atoms with Crippen LogP contribution in [0.5, 0.6) is 0 Å². The smallest absolute Gasteiger partial charge is 0.338 e. The van der Waals surface area contributed by atoms with Gasteiger partial charge in [-0.25, -0.2) is 4.79 Å². The molecule has 6 rings (SSSR count). The molecule has 3 aromatic rings. The quantitative estimate of drug-likeness (QED) is 0.263. The minimum atomic E-state index is -0.817. The molecule has 1 saturated heterocycles. The van der Waals surface area contributed by atoms with Crippen LogP contribution in [-0.2, 0) is 19.1 Å². The van der Waals surface area contributed by atoms with E-state index in [0.717, 1.165) is 12.8 Å². The fraction of sp³-hybridized carbons (Fsp3) is 0.258. The molecule has 0 radical (unpaired) electrons. The van der Waals surface area contributed by atoms with E-state index in [2.05, 4.69) is 23.0 Å². The maximum absolute atomic E-state index is 13.6. The Labute approximate surface area is 240 Å². The monoisotopic (exact) mass is 571 g/mol. The minimum absolute atomic E-state index is 0.0817. The molecule has 0 aromatic heterocycles. The second-order valence-corrected chi connectivity index (χ2v) is 11.0. The number of imide groups is 1. The van der Waals surface area contributed by atoms with Gasteiger partial charge >= 0.3 is 5.97 Å². The summed E-state index contributed by atoms with van der Waals surface area (Å²) >= 11 is 5.97. The van der Waals surface area contributed by atoms with Crippen molar-refractivity contribution in [3.8, 4) is 0 Å². The molecule has 208 valence electrons. The lowest BCUT2D eigenvalue weighted by Crippen LogP contribution is -2.43. The van der Waals surface area contributed by atoms with Crippen molar-refractivity contribution in [1.29, 1.82) is 0 Å². The Bertz CT molecular complexity index is 1560. The molecule has 2 N–H and O–H groups in total. The molecule has 4 amide bonds. The van der Waals surface area contributed by atoms with Gasteiger partial charge in [0.15, 0.2) is 6.61 Å². The molecule has 9 nitrogen and oxygen atoms in total. The van der Waals surface area contributed by atoms with E-state index in [9.17, 15) is 24.0 Å². The number of halogens is 1. The molecule has 0 spiro atoms. The summed E-state index contributed by atoms with van der Waals surface area (Å²) in [6.07, 6.45) is 1.75. The van der Waals surface area contributed by atoms with Crippen LogP contribution in [0.3, 0.4) is 0 Å². The van der Waals surface area contributed by atoms with Crippen LogP contribution < -0.4 is 15.8 Å². The first-order valence-electron chi connectivity index (χ1n) is 13.4. The average Bonchev–Trinajstić information content (AvgIpc) is 3.66. The normalized spacial score (nSPS) is 24.2. The van der Waals surface area contributed by atoms with Crippen molar-refractivity contribution in [2.45, 2.75) is 18.8 Å². The largest absolute Gasteiger partial charge is 0.452 e. The first-order chi connectivity index (χ1) is 19.8. The van der Waals surface area contributed by atoms with Crippen molar-refractivity contribution in [1.82, 2.24) is 10.9 Å². The summed E-state index contributed by atoms with van der Waals surface area (Å²) in [4.78, 5) is 65.3. The highest BCUT2D eigenvalue weighted by Crippen LogP contribution is 2.61. The van der Waals surface area contributed by atoms with E-state index < -0.39 is 24.4 Å². The number of nitrogens with one attached hydrogen (secondary N) is 2. The highest BCUT2D eigenvalue weighted by Gasteiger charge is 2.64. The third-order valence-electron chi connectivity index (χ3n) is 8.35. The highest BCUT2D eigenvalue weighted by molar-refractivity contribution is 6.33. The number of esters is 1. The van der Waals surface area contributed by atoms with Crippen molar-refractivity contribution in [2.75, 3.05) is 11.5 Å². The van der Waals surface area contributed by atoms with Crippen LogP contribution in [0.25, 0.3) is 0 Å². The van der Waals surface area contributed by atoms with Crippen LogP contribution in [0.4, 0.5) is 5.69 Å². The number of ether oxygens (including phenoxy) is 1. The van der Waals surface area contributed by atoms with Gasteiger partial charge in [-0.2, -0.15) is 0 Å². The lowest BCUT2D eigenvalue weighted by Gasteiger charge is -2.28. The molecule has 2 bridgehead atoms. The van der Waals surface area contributed by atoms with E-state index in [1.54, 1.807) is 24.3 Å². The van der Waals surface area contributed by atoms with Gasteiger partial charge in [-0.3, -0.25) is 34.9 Å². The van der Waals surface area contributed by atoms with Gasteiger partial charge in [0.2, 0.25) is 11.8 Å². The number of amides is 4. The standard InChI is InChI=1S/C31H26ClN3O6/c32-24-12-5-4-11-21(24)28(37)34-33-25(36)16-41-31(40)18-9-6-10-20(13-18)35-29(38)26-19-14-22(17-7-2-1-3-8-17)23(15-19)27(26)30(35)39/h1-13,19,22-23,26-27H,14-16H2,(H,33,36)(H,34,37)/t19-,22-,23+,26+,27+/m0/s1. The lowest BCUT2D eigenvalue weighted by atomic mass is 9.73. The van der Waals surface area contributed by atoms with Crippen LogP contribution in [0.15, 0.2) is 78.9 Å². The van der Waals surface area contributed by atoms with Crippen molar-refractivity contribution in [3.63, 3.8) is 0 Å². The minimum Gasteiger partial charge on any atom is -0.452 e. The van der Waals surface area contributed by atoms with Gasteiger partial charge in [-0.1, -0.05) is 60.1 Å². The summed E-state index contributed by atoms with van der Waals surface area (Å²) in [6, 6.07) is 22.5. The molecule has 41 heavy (non-hydrogen) atoms. The molecule has 2 saturated carbocycles. The lowest BCUT2D eigenvalue weighted by molar-refractivity contribution is -0.125. The maximum atomic E-state index is 13.6. The number of hydrogen-bond donors (Lipinski definition) is 2. The number of rotatable bonds is 6. The van der Waals surface area contributed by atoms with Gasteiger partial charge < -0.3 is 4.74 Å². The second-order valence-electron chi connectivity index (χ2n) is 10.6. The molecule has 3 aliphatic rings. The molecule has 3 fully saturated rings. The first kappa shape index (κ1) is 26.7. The summed E-state index contributed by atoms with van der Waals surface area (Å²) < 4.78 is 5.09. The fourth-order valence-electron chi connectivity index (χ4n) is 6.66. The van der Waals surface area contributed by atoms with Crippen LogP contribution >= 0.6 is 11.6 Å². The van der Waals surface area contributed by atoms with E-state index in [1.807, 2.05) is 18.2 Å². The molecule has 5 atom stereocenters. The van der Waals surface area contributed by atoms with E-state index >= 15 is 0 Å². The molecule has 2 aliphatic carbocycles. The van der Waals surface area contributed by atoms with Crippen LogP contribution in [0.1, 0.15) is 45.0 Å². The first-order valence-corrected chi connectivity index (χ1v) is 13.7. The van der Waals surface area contributed by atoms with E-state index in [0.29, 0.717) is 5.69 Å². The molecule has 1 aliphatic heterocycles. The third kappa shape index (κ3) is 4.86. The van der Waals surface area contributed by atoms with Crippen LogP contribution in [0, 0.1) is 23.7 Å². The Kier molecular flexibility index (Phi) is 7.05. The Balaban J connectivity index is 1.08. The summed E-state index contributed by atoms with van der Waals surface area (Å²) in [5, 5.41) is 0.216. The highest BCUT2D eigenvalue weighted by atomic mass is 35.5. The molecule has 1 heterocycles. The van der Waals surface area contributed by atoms with Crippen molar-refractivity contribution < 1.29 is 28.7 Å². The Morgan fingerprint density at radius 3 is 2.37 bits per heavy atom. The molecule has 3 aromatic carbocycles. The molecular weight excluding hydrogens is 546 g/mol. The van der Waals surface area contributed by atoms with E-state index in [-0.39, 0.29) is 57.6 Å². The van der Waals surface area contributed by atoms with Crippen molar-refractivity contribution in [3.05, 3.63) is 101 Å². The SMILES string of the molecule is O=C(COC(=O)c1cccc(N2C(=O)[C@@H]3[C@@H]4C[C@@H]([C@H]3C2=O)[C@H](c2ccccc2)C4)c1)NNC(=O)c1ccccc1Cl. The van der Waals surface area contributed by atoms with Crippen molar-refractivity contribution in [2.24, 2.45) is 23.7 Å². The number of hydrazine groups is 1. The number of carbonyl (C=O) groups is 5. The third-order valence-corrected chi connectivity index (χ3v) is 8.68. The number of carbonyl (C=O) groups excluding carboxylic acids is 5. The predicted octanol–water partition coefficient (Wildman–Crippen LogP) is 3.89. The zero-order valence-electron chi connectivity index (χ0n) is 21.8. The van der Waals surface area contributed by atoms with Gasteiger partial charge in [0, 0.05) is 0 Å². The van der Waals surface area contributed by atoms with E-state index in [4.69, 9.17) is 16.3 Å². The topological polar surface area (TPSA) is 122 Å². The Morgan fingerprint density at radius 1 is 0.854 bits per heavy atom. The summed E-state index contributed by atoms with van der Waals surface area (Å²) in [5.74, 6) is -2.86. The van der Waals surface area contributed by atoms with Gasteiger partial charge in [-0.05, 0) is 66.5 Å². The number of fused-ring (bicyclic) bond motifs is 5. The predicted molar refractivity (Wildman–Crippen MR) is 149 cm³/mol. The summed E-state index contributed by atoms with van der Waals surface area (Å²) in [5.41, 5.74) is 6.13. The molecule has 0 unspecified atom stereocenters. The second kappa shape index (κ2) is 10.8. The zero-order valence-corrected chi connectivity index (χ0v) is 22.5.